The topological polar surface area (TPSA) is 52.3 Å². The van der Waals surface area contributed by atoms with Crippen molar-refractivity contribution in [3.63, 3.8) is 0 Å². The Morgan fingerprint density at radius 3 is 2.44 bits per heavy atom. The van der Waals surface area contributed by atoms with Crippen LogP contribution in [0.1, 0.15) is 59.3 Å². The van der Waals surface area contributed by atoms with Crippen LogP contribution in [0.25, 0.3) is 0 Å². The molecule has 0 radical (unpaired) electrons. The van der Waals surface area contributed by atoms with Crippen LogP contribution in [0.15, 0.2) is 0 Å². The second-order valence-corrected chi connectivity index (χ2v) is 5.87. The van der Waals surface area contributed by atoms with Crippen LogP contribution >= 0.6 is 0 Å². The van der Waals surface area contributed by atoms with Crippen LogP contribution in [0.4, 0.5) is 0 Å². The van der Waals surface area contributed by atoms with Crippen molar-refractivity contribution in [2.45, 2.75) is 70.9 Å². The molecule has 1 fully saturated rings. The number of hydrogen-bond acceptors (Lipinski definition) is 3. The van der Waals surface area contributed by atoms with E-state index in [1.165, 1.54) is 25.7 Å². The fourth-order valence-electron chi connectivity index (χ4n) is 2.21. The van der Waals surface area contributed by atoms with Crippen LogP contribution in [-0.2, 0) is 9.53 Å². The van der Waals surface area contributed by atoms with Gasteiger partial charge in [0.25, 0.3) is 0 Å². The second kappa shape index (κ2) is 5.67. The van der Waals surface area contributed by atoms with Crippen LogP contribution in [-0.4, -0.2) is 17.6 Å². The molecule has 16 heavy (non-hydrogen) atoms. The molecule has 94 valence electrons. The zero-order valence-corrected chi connectivity index (χ0v) is 10.8. The Morgan fingerprint density at radius 1 is 1.38 bits per heavy atom. The van der Waals surface area contributed by atoms with Crippen molar-refractivity contribution < 1.29 is 9.53 Å². The van der Waals surface area contributed by atoms with Gasteiger partial charge in [0.1, 0.15) is 11.6 Å². The fraction of sp³-hybridized carbons (Fsp3) is 0.923. The van der Waals surface area contributed by atoms with Gasteiger partial charge in [-0.05, 0) is 39.5 Å². The van der Waals surface area contributed by atoms with E-state index < -0.39 is 11.6 Å². The molecular formula is C13H25NO2. The summed E-state index contributed by atoms with van der Waals surface area (Å²) in [6, 6.07) is -0.445. The lowest BCUT2D eigenvalue weighted by molar-refractivity contribution is -0.156. The Bertz CT molecular complexity index is 227. The summed E-state index contributed by atoms with van der Waals surface area (Å²) >= 11 is 0. The van der Waals surface area contributed by atoms with Crippen molar-refractivity contribution in [2.75, 3.05) is 0 Å². The Labute approximate surface area is 98.7 Å². The smallest absolute Gasteiger partial charge is 0.323 e. The van der Waals surface area contributed by atoms with Crippen LogP contribution in [0.3, 0.4) is 0 Å². The van der Waals surface area contributed by atoms with Gasteiger partial charge in [-0.3, -0.25) is 4.79 Å². The first-order valence-electron chi connectivity index (χ1n) is 6.37. The SMILES string of the molecule is CC(C)(C)OC(=O)C(N)CCC1CCCC1. The van der Waals surface area contributed by atoms with Gasteiger partial charge in [-0.25, -0.2) is 0 Å². The van der Waals surface area contributed by atoms with E-state index in [-0.39, 0.29) is 5.97 Å². The number of nitrogens with two attached hydrogens (primary N) is 1. The highest BCUT2D eigenvalue weighted by Crippen LogP contribution is 2.28. The maximum absolute atomic E-state index is 11.6. The van der Waals surface area contributed by atoms with Gasteiger partial charge >= 0.3 is 5.97 Å². The summed E-state index contributed by atoms with van der Waals surface area (Å²) in [7, 11) is 0. The van der Waals surface area contributed by atoms with Gasteiger partial charge < -0.3 is 10.5 Å². The highest BCUT2D eigenvalue weighted by molar-refractivity contribution is 5.75. The molecule has 1 atom stereocenters. The molecule has 0 saturated heterocycles. The molecule has 0 spiro atoms. The summed E-state index contributed by atoms with van der Waals surface area (Å²) in [5.74, 6) is 0.527. The Kier molecular flexibility index (Phi) is 4.78. The predicted octanol–water partition coefficient (Wildman–Crippen LogP) is 2.63. The van der Waals surface area contributed by atoms with E-state index in [0.29, 0.717) is 0 Å². The molecule has 3 nitrogen and oxygen atoms in total. The number of hydrogen-bond donors (Lipinski definition) is 1. The first-order valence-corrected chi connectivity index (χ1v) is 6.37. The van der Waals surface area contributed by atoms with Crippen molar-refractivity contribution in [2.24, 2.45) is 11.7 Å². The molecule has 0 aromatic rings. The molecule has 0 heterocycles. The maximum atomic E-state index is 11.6. The Morgan fingerprint density at radius 2 is 1.94 bits per heavy atom. The minimum Gasteiger partial charge on any atom is -0.459 e. The molecule has 0 aromatic carbocycles. The third-order valence-corrected chi connectivity index (χ3v) is 3.07. The van der Waals surface area contributed by atoms with Crippen molar-refractivity contribution >= 4 is 5.97 Å². The number of esters is 1. The molecule has 3 heteroatoms. The van der Waals surface area contributed by atoms with E-state index in [2.05, 4.69) is 0 Å². The molecule has 1 saturated carbocycles. The molecule has 1 aliphatic rings. The largest absolute Gasteiger partial charge is 0.459 e. The standard InChI is InChI=1S/C13H25NO2/c1-13(2,3)16-12(15)11(14)9-8-10-6-4-5-7-10/h10-11H,4-9,14H2,1-3H3. The van der Waals surface area contributed by atoms with Gasteiger partial charge in [0.15, 0.2) is 0 Å². The number of carbonyl (C=O) groups is 1. The summed E-state index contributed by atoms with van der Waals surface area (Å²) in [5.41, 5.74) is 5.40. The molecule has 0 amide bonds. The molecule has 1 unspecified atom stereocenters. The fourth-order valence-corrected chi connectivity index (χ4v) is 2.21. The minimum atomic E-state index is -0.445. The van der Waals surface area contributed by atoms with Crippen LogP contribution < -0.4 is 5.73 Å². The number of ether oxygens (including phenoxy) is 1. The normalized spacial score (nSPS) is 19.8. The zero-order chi connectivity index (χ0) is 12.2. The van der Waals surface area contributed by atoms with E-state index in [1.54, 1.807) is 0 Å². The van der Waals surface area contributed by atoms with Crippen molar-refractivity contribution in [3.8, 4) is 0 Å². The molecule has 2 N–H and O–H groups in total. The van der Waals surface area contributed by atoms with Crippen molar-refractivity contribution in [1.82, 2.24) is 0 Å². The Balaban J connectivity index is 2.23. The van der Waals surface area contributed by atoms with Gasteiger partial charge in [-0.1, -0.05) is 25.7 Å². The first-order chi connectivity index (χ1) is 7.38. The molecule has 1 aliphatic carbocycles. The summed E-state index contributed by atoms with van der Waals surface area (Å²) < 4.78 is 5.25. The minimum absolute atomic E-state index is 0.259. The predicted molar refractivity (Wildman–Crippen MR) is 65.0 cm³/mol. The lowest BCUT2D eigenvalue weighted by Gasteiger charge is -2.22. The van der Waals surface area contributed by atoms with Crippen LogP contribution in [0, 0.1) is 5.92 Å². The van der Waals surface area contributed by atoms with Gasteiger partial charge in [0.05, 0.1) is 0 Å². The summed E-state index contributed by atoms with van der Waals surface area (Å²) in [5, 5.41) is 0. The number of carbonyl (C=O) groups excluding carboxylic acids is 1. The average Bonchev–Trinajstić information content (AvgIpc) is 2.63. The molecule has 0 aromatic heterocycles. The first kappa shape index (κ1) is 13.5. The molecule has 1 rings (SSSR count). The van der Waals surface area contributed by atoms with Crippen LogP contribution in [0.5, 0.6) is 0 Å². The lowest BCUT2D eigenvalue weighted by atomic mass is 9.99. The van der Waals surface area contributed by atoms with E-state index >= 15 is 0 Å². The molecular weight excluding hydrogens is 202 g/mol. The quantitative estimate of drug-likeness (QED) is 0.751. The third kappa shape index (κ3) is 4.97. The van der Waals surface area contributed by atoms with Crippen LogP contribution in [0.2, 0.25) is 0 Å². The van der Waals surface area contributed by atoms with Crippen molar-refractivity contribution in [1.29, 1.82) is 0 Å². The maximum Gasteiger partial charge on any atom is 0.323 e. The zero-order valence-electron chi connectivity index (χ0n) is 10.8. The summed E-state index contributed by atoms with van der Waals surface area (Å²) in [4.78, 5) is 11.6. The Hall–Kier alpha value is -0.570. The van der Waals surface area contributed by atoms with E-state index in [1.807, 2.05) is 20.8 Å². The summed E-state index contributed by atoms with van der Waals surface area (Å²) in [6.45, 7) is 5.61. The highest BCUT2D eigenvalue weighted by atomic mass is 16.6. The number of rotatable bonds is 4. The van der Waals surface area contributed by atoms with Gasteiger partial charge in [-0.2, -0.15) is 0 Å². The lowest BCUT2D eigenvalue weighted by Crippen LogP contribution is -2.37. The monoisotopic (exact) mass is 227 g/mol. The van der Waals surface area contributed by atoms with E-state index in [9.17, 15) is 4.79 Å². The van der Waals surface area contributed by atoms with Gasteiger partial charge in [0.2, 0.25) is 0 Å². The highest BCUT2D eigenvalue weighted by Gasteiger charge is 2.23. The van der Waals surface area contributed by atoms with E-state index in [0.717, 1.165) is 18.8 Å². The summed E-state index contributed by atoms with van der Waals surface area (Å²) in [6.07, 6.45) is 7.13. The van der Waals surface area contributed by atoms with Gasteiger partial charge in [0, 0.05) is 0 Å². The molecule has 0 aliphatic heterocycles. The van der Waals surface area contributed by atoms with Crippen molar-refractivity contribution in [3.05, 3.63) is 0 Å². The molecule has 0 bridgehead atoms. The third-order valence-electron chi connectivity index (χ3n) is 3.07. The average molecular weight is 227 g/mol. The van der Waals surface area contributed by atoms with E-state index in [4.69, 9.17) is 10.5 Å². The van der Waals surface area contributed by atoms with Gasteiger partial charge in [-0.15, -0.1) is 0 Å². The second-order valence-electron chi connectivity index (χ2n) is 5.87.